The van der Waals surface area contributed by atoms with E-state index in [1.807, 2.05) is 49.6 Å². The zero-order chi connectivity index (χ0) is 21.1. The number of aromatic nitrogens is 4. The third-order valence-corrected chi connectivity index (χ3v) is 4.70. The first-order chi connectivity index (χ1) is 13.8. The molecule has 0 saturated heterocycles. The van der Waals surface area contributed by atoms with E-state index in [1.54, 1.807) is 10.9 Å². The lowest BCUT2D eigenvalue weighted by molar-refractivity contribution is 0.291. The summed E-state index contributed by atoms with van der Waals surface area (Å²) >= 11 is 0. The second-order valence-electron chi connectivity index (χ2n) is 8.37. The van der Waals surface area contributed by atoms with E-state index < -0.39 is 0 Å². The van der Waals surface area contributed by atoms with Crippen molar-refractivity contribution < 1.29 is 4.74 Å². The van der Waals surface area contributed by atoms with E-state index in [1.165, 1.54) is 4.57 Å². The summed E-state index contributed by atoms with van der Waals surface area (Å²) in [7, 11) is 0. The molecule has 0 aliphatic carbocycles. The van der Waals surface area contributed by atoms with E-state index in [-0.39, 0.29) is 30.3 Å². The Morgan fingerprint density at radius 3 is 2.24 bits per heavy atom. The van der Waals surface area contributed by atoms with Crippen molar-refractivity contribution in [2.45, 2.75) is 54.3 Å². The molecule has 7 nitrogen and oxygen atoms in total. The molecule has 0 saturated carbocycles. The largest absolute Gasteiger partial charge is 0.492 e. The quantitative estimate of drug-likeness (QED) is 0.585. The molecule has 0 radical (unpaired) electrons. The predicted molar refractivity (Wildman–Crippen MR) is 115 cm³/mol. The second kappa shape index (κ2) is 8.68. The minimum Gasteiger partial charge on any atom is -0.492 e. The van der Waals surface area contributed by atoms with Crippen molar-refractivity contribution in [3.05, 3.63) is 57.0 Å². The highest BCUT2D eigenvalue weighted by Gasteiger charge is 2.19. The van der Waals surface area contributed by atoms with Gasteiger partial charge < -0.3 is 9.30 Å². The van der Waals surface area contributed by atoms with E-state index >= 15 is 0 Å². The third kappa shape index (κ3) is 4.60. The van der Waals surface area contributed by atoms with Crippen molar-refractivity contribution in [1.82, 2.24) is 18.7 Å². The lowest BCUT2D eigenvalue weighted by atomic mass is 10.2. The van der Waals surface area contributed by atoms with Gasteiger partial charge in [-0.25, -0.2) is 9.78 Å². The lowest BCUT2D eigenvalue weighted by Gasteiger charge is -2.15. The summed E-state index contributed by atoms with van der Waals surface area (Å²) in [6.45, 7) is 11.9. The van der Waals surface area contributed by atoms with Crippen LogP contribution in [0.1, 0.15) is 33.3 Å². The van der Waals surface area contributed by atoms with Crippen LogP contribution in [-0.4, -0.2) is 25.3 Å². The van der Waals surface area contributed by atoms with Gasteiger partial charge in [-0.05, 0) is 30.9 Å². The first kappa shape index (κ1) is 20.9. The number of nitrogens with zero attached hydrogens (tertiary/aromatic N) is 4. The van der Waals surface area contributed by atoms with Crippen molar-refractivity contribution in [2.75, 3.05) is 6.61 Å². The van der Waals surface area contributed by atoms with E-state index in [0.717, 1.165) is 11.3 Å². The fourth-order valence-corrected chi connectivity index (χ4v) is 3.39. The molecule has 3 aromatic rings. The third-order valence-electron chi connectivity index (χ3n) is 4.70. The maximum Gasteiger partial charge on any atom is 0.332 e. The highest BCUT2D eigenvalue weighted by Crippen LogP contribution is 2.13. The zero-order valence-corrected chi connectivity index (χ0v) is 17.9. The summed E-state index contributed by atoms with van der Waals surface area (Å²) in [6.07, 6.45) is 1.66. The van der Waals surface area contributed by atoms with Crippen LogP contribution >= 0.6 is 0 Å². The summed E-state index contributed by atoms with van der Waals surface area (Å²) in [6, 6.07) is 7.70. The molecule has 0 spiro atoms. The van der Waals surface area contributed by atoms with Gasteiger partial charge >= 0.3 is 5.69 Å². The van der Waals surface area contributed by atoms with Crippen LogP contribution in [0.25, 0.3) is 11.2 Å². The standard InChI is InChI=1S/C22H30N4O3/c1-15(2)12-24-14-23-20-19(24)21(27)25(22(28)26(20)13-16(3)4)10-11-29-18-8-6-17(5)7-9-18/h6-9,14-16H,10-13H2,1-5H3. The number of imidazole rings is 1. The smallest absolute Gasteiger partial charge is 0.332 e. The summed E-state index contributed by atoms with van der Waals surface area (Å²) < 4.78 is 10.5. The highest BCUT2D eigenvalue weighted by molar-refractivity contribution is 5.70. The van der Waals surface area contributed by atoms with Crippen LogP contribution in [0.15, 0.2) is 40.2 Å². The maximum atomic E-state index is 13.2. The van der Waals surface area contributed by atoms with Crippen molar-refractivity contribution in [1.29, 1.82) is 0 Å². The van der Waals surface area contributed by atoms with Gasteiger partial charge in [0, 0.05) is 13.1 Å². The van der Waals surface area contributed by atoms with E-state index in [2.05, 4.69) is 18.8 Å². The molecule has 1 aromatic carbocycles. The molecular weight excluding hydrogens is 368 g/mol. The monoisotopic (exact) mass is 398 g/mol. The molecule has 0 amide bonds. The van der Waals surface area contributed by atoms with Crippen molar-refractivity contribution >= 4 is 11.2 Å². The van der Waals surface area contributed by atoms with Gasteiger partial charge in [0.25, 0.3) is 5.56 Å². The van der Waals surface area contributed by atoms with Crippen molar-refractivity contribution in [2.24, 2.45) is 11.8 Å². The zero-order valence-electron chi connectivity index (χ0n) is 17.9. The van der Waals surface area contributed by atoms with Crippen LogP contribution in [0.4, 0.5) is 0 Å². The molecule has 0 aliphatic heterocycles. The average molecular weight is 399 g/mol. The van der Waals surface area contributed by atoms with Crippen LogP contribution < -0.4 is 16.0 Å². The number of hydrogen-bond acceptors (Lipinski definition) is 4. The number of ether oxygens (including phenoxy) is 1. The number of benzene rings is 1. The Bertz CT molecular complexity index is 1090. The molecule has 0 N–H and O–H groups in total. The minimum atomic E-state index is -0.335. The van der Waals surface area contributed by atoms with Gasteiger partial charge in [-0.2, -0.15) is 0 Å². The predicted octanol–water partition coefficient (Wildman–Crippen LogP) is 3.06. The van der Waals surface area contributed by atoms with E-state index in [0.29, 0.717) is 30.2 Å². The Balaban J connectivity index is 1.99. The summed E-state index contributed by atoms with van der Waals surface area (Å²) in [5.74, 6) is 1.33. The summed E-state index contributed by atoms with van der Waals surface area (Å²) in [5, 5.41) is 0. The number of hydrogen-bond donors (Lipinski definition) is 0. The molecule has 7 heteroatoms. The highest BCUT2D eigenvalue weighted by atomic mass is 16.5. The molecule has 2 heterocycles. The van der Waals surface area contributed by atoms with Gasteiger partial charge in [-0.3, -0.25) is 13.9 Å². The van der Waals surface area contributed by atoms with Gasteiger partial charge in [-0.1, -0.05) is 45.4 Å². The van der Waals surface area contributed by atoms with Crippen LogP contribution in [0, 0.1) is 18.8 Å². The lowest BCUT2D eigenvalue weighted by Crippen LogP contribution is -2.42. The Morgan fingerprint density at radius 2 is 1.62 bits per heavy atom. The Hall–Kier alpha value is -2.83. The van der Waals surface area contributed by atoms with Gasteiger partial charge in [0.05, 0.1) is 12.9 Å². The molecule has 0 unspecified atom stereocenters. The summed E-state index contributed by atoms with van der Waals surface area (Å²) in [4.78, 5) is 30.7. The molecule has 2 aromatic heterocycles. The molecule has 156 valence electrons. The molecule has 0 bridgehead atoms. The molecule has 0 atom stereocenters. The fraction of sp³-hybridized carbons (Fsp3) is 0.500. The van der Waals surface area contributed by atoms with Crippen LogP contribution in [0.2, 0.25) is 0 Å². The molecule has 3 rings (SSSR count). The second-order valence-corrected chi connectivity index (χ2v) is 8.37. The maximum absolute atomic E-state index is 13.2. The first-order valence-corrected chi connectivity index (χ1v) is 10.2. The van der Waals surface area contributed by atoms with Gasteiger partial charge in [0.2, 0.25) is 0 Å². The average Bonchev–Trinajstić information content (AvgIpc) is 3.06. The van der Waals surface area contributed by atoms with E-state index in [9.17, 15) is 9.59 Å². The SMILES string of the molecule is Cc1ccc(OCCn2c(=O)c3c(ncn3CC(C)C)n(CC(C)C)c2=O)cc1. The van der Waals surface area contributed by atoms with Gasteiger partial charge in [0.15, 0.2) is 11.2 Å². The van der Waals surface area contributed by atoms with Crippen LogP contribution in [0.3, 0.4) is 0 Å². The first-order valence-electron chi connectivity index (χ1n) is 10.2. The molecule has 29 heavy (non-hydrogen) atoms. The molecular formula is C22H30N4O3. The number of rotatable bonds is 8. The fourth-order valence-electron chi connectivity index (χ4n) is 3.39. The van der Waals surface area contributed by atoms with Gasteiger partial charge in [-0.15, -0.1) is 0 Å². The Morgan fingerprint density at radius 1 is 0.966 bits per heavy atom. The molecule has 0 aliphatic rings. The van der Waals surface area contributed by atoms with Crippen LogP contribution in [0.5, 0.6) is 5.75 Å². The van der Waals surface area contributed by atoms with E-state index in [4.69, 9.17) is 4.74 Å². The van der Waals surface area contributed by atoms with Crippen molar-refractivity contribution in [3.8, 4) is 5.75 Å². The topological polar surface area (TPSA) is 71.1 Å². The number of fused-ring (bicyclic) bond motifs is 1. The Kier molecular flexibility index (Phi) is 6.25. The summed E-state index contributed by atoms with van der Waals surface area (Å²) in [5.41, 5.74) is 1.45. The normalized spacial score (nSPS) is 11.7. The Labute approximate surface area is 170 Å². The van der Waals surface area contributed by atoms with Crippen molar-refractivity contribution in [3.63, 3.8) is 0 Å². The molecule has 0 fully saturated rings. The van der Waals surface area contributed by atoms with Gasteiger partial charge in [0.1, 0.15) is 12.4 Å². The number of aryl methyl sites for hydroxylation is 1. The van der Waals surface area contributed by atoms with Crippen LogP contribution in [-0.2, 0) is 19.6 Å². The minimum absolute atomic E-state index is 0.187.